The number of ether oxygens (including phenoxy) is 1. The lowest BCUT2D eigenvalue weighted by molar-refractivity contribution is -0.154. The van der Waals surface area contributed by atoms with E-state index in [1.165, 1.54) is 6.66 Å². The van der Waals surface area contributed by atoms with Crippen LogP contribution in [0.5, 0.6) is 0 Å². The van der Waals surface area contributed by atoms with Crippen molar-refractivity contribution in [1.29, 1.82) is 0 Å². The van der Waals surface area contributed by atoms with Gasteiger partial charge in [0, 0.05) is 17.6 Å². The van der Waals surface area contributed by atoms with E-state index in [0.717, 1.165) is 22.9 Å². The summed E-state index contributed by atoms with van der Waals surface area (Å²) in [6.45, 7) is 8.72. The van der Waals surface area contributed by atoms with Gasteiger partial charge < -0.3 is 13.8 Å². The molecule has 2 unspecified atom stereocenters. The maximum absolute atomic E-state index is 13.1. The van der Waals surface area contributed by atoms with Crippen molar-refractivity contribution in [3.05, 3.63) is 46.0 Å². The summed E-state index contributed by atoms with van der Waals surface area (Å²) in [6.07, 6.45) is 1.86. The van der Waals surface area contributed by atoms with Crippen LogP contribution in [-0.2, 0) is 30.5 Å². The topological polar surface area (TPSA) is 91.5 Å². The Kier molecular flexibility index (Phi) is 6.61. The fourth-order valence-corrected chi connectivity index (χ4v) is 5.27. The Bertz CT molecular complexity index is 947. The first kappa shape index (κ1) is 23.2. The van der Waals surface area contributed by atoms with E-state index in [1.807, 2.05) is 24.3 Å². The Morgan fingerprint density at radius 2 is 1.93 bits per heavy atom. The third-order valence-electron chi connectivity index (χ3n) is 5.04. The van der Waals surface area contributed by atoms with Crippen molar-refractivity contribution >= 4 is 29.3 Å². The SMILES string of the molecule is CCOP(C)(=O)C(Cc1nc(C2(c3ccc(Br)cc3)CC2)no1)C(=O)OC(C)(C)C. The second kappa shape index (κ2) is 8.56. The first-order valence-corrected chi connectivity index (χ1v) is 12.9. The minimum absolute atomic E-state index is 0.00606. The summed E-state index contributed by atoms with van der Waals surface area (Å²) < 4.78 is 30.5. The highest BCUT2D eigenvalue weighted by molar-refractivity contribution is 9.10. The average Bonchev–Trinajstić information content (AvgIpc) is 3.30. The summed E-state index contributed by atoms with van der Waals surface area (Å²) in [5.41, 5.74) is -0.856. The van der Waals surface area contributed by atoms with Crippen molar-refractivity contribution in [2.45, 2.75) is 63.6 Å². The Labute approximate surface area is 185 Å². The molecule has 7 nitrogen and oxygen atoms in total. The highest BCUT2D eigenvalue weighted by Gasteiger charge is 2.50. The molecule has 9 heteroatoms. The molecular formula is C21H28BrN2O5P. The predicted octanol–water partition coefficient (Wildman–Crippen LogP) is 5.11. The normalized spacial score (nSPS) is 18.5. The summed E-state index contributed by atoms with van der Waals surface area (Å²) in [4.78, 5) is 17.3. The van der Waals surface area contributed by atoms with Gasteiger partial charge in [-0.05, 0) is 58.2 Å². The van der Waals surface area contributed by atoms with Gasteiger partial charge >= 0.3 is 5.97 Å². The van der Waals surface area contributed by atoms with Gasteiger partial charge in [-0.15, -0.1) is 0 Å². The standard InChI is InChI=1S/C21H28BrN2O5P/c1-6-27-30(5,26)16(18(25)28-20(2,3)4)13-17-23-19(24-29-17)21(11-12-21)14-7-9-15(22)10-8-14/h7-10,16H,6,11-13H2,1-5H3. The maximum atomic E-state index is 13.1. The molecule has 1 saturated carbocycles. The van der Waals surface area contributed by atoms with Gasteiger partial charge in [-0.25, -0.2) is 0 Å². The van der Waals surface area contributed by atoms with E-state index in [9.17, 15) is 9.36 Å². The van der Waals surface area contributed by atoms with Gasteiger partial charge in [0.25, 0.3) is 0 Å². The molecule has 0 aliphatic heterocycles. The van der Waals surface area contributed by atoms with Crippen molar-refractivity contribution in [3.8, 4) is 0 Å². The number of esters is 1. The molecular weight excluding hydrogens is 471 g/mol. The molecule has 164 valence electrons. The molecule has 1 aromatic carbocycles. The summed E-state index contributed by atoms with van der Waals surface area (Å²) in [5.74, 6) is 0.256. The van der Waals surface area contributed by atoms with Gasteiger partial charge in [0.15, 0.2) is 5.82 Å². The summed E-state index contributed by atoms with van der Waals surface area (Å²) in [5, 5.41) is 4.18. The molecule has 3 rings (SSSR count). The van der Waals surface area contributed by atoms with Crippen molar-refractivity contribution < 1.29 is 23.1 Å². The number of carbonyl (C=O) groups is 1. The van der Waals surface area contributed by atoms with Gasteiger partial charge in [-0.3, -0.25) is 9.36 Å². The largest absolute Gasteiger partial charge is 0.459 e. The van der Waals surface area contributed by atoms with Gasteiger partial charge in [-0.1, -0.05) is 33.2 Å². The molecule has 2 aromatic rings. The predicted molar refractivity (Wildman–Crippen MR) is 117 cm³/mol. The maximum Gasteiger partial charge on any atom is 0.319 e. The van der Waals surface area contributed by atoms with Crippen molar-refractivity contribution in [2.75, 3.05) is 13.3 Å². The minimum Gasteiger partial charge on any atom is -0.459 e. The molecule has 1 fully saturated rings. The summed E-state index contributed by atoms with van der Waals surface area (Å²) in [7, 11) is -3.30. The summed E-state index contributed by atoms with van der Waals surface area (Å²) in [6, 6.07) is 8.08. The van der Waals surface area contributed by atoms with E-state index in [0.29, 0.717) is 5.82 Å². The number of aromatic nitrogens is 2. The Morgan fingerprint density at radius 1 is 1.30 bits per heavy atom. The molecule has 0 spiro atoms. The minimum atomic E-state index is -3.30. The monoisotopic (exact) mass is 498 g/mol. The van der Waals surface area contributed by atoms with Crippen LogP contribution in [-0.4, -0.2) is 40.6 Å². The van der Waals surface area contributed by atoms with Crippen LogP contribution in [0.15, 0.2) is 33.3 Å². The lowest BCUT2D eigenvalue weighted by Crippen LogP contribution is -2.33. The van der Waals surface area contributed by atoms with Crippen LogP contribution >= 0.6 is 23.3 Å². The molecule has 0 saturated heterocycles. The third kappa shape index (κ3) is 5.21. The van der Waals surface area contributed by atoms with E-state index < -0.39 is 24.6 Å². The highest BCUT2D eigenvalue weighted by atomic mass is 79.9. The lowest BCUT2D eigenvalue weighted by atomic mass is 9.95. The Morgan fingerprint density at radius 3 is 2.47 bits per heavy atom. The third-order valence-corrected chi connectivity index (χ3v) is 7.87. The molecule has 2 atom stereocenters. The zero-order valence-corrected chi connectivity index (χ0v) is 20.5. The van der Waals surface area contributed by atoms with E-state index in [1.54, 1.807) is 27.7 Å². The van der Waals surface area contributed by atoms with E-state index in [-0.39, 0.29) is 24.3 Å². The molecule has 0 radical (unpaired) electrons. The van der Waals surface area contributed by atoms with Crippen LogP contribution < -0.4 is 0 Å². The van der Waals surface area contributed by atoms with Crippen LogP contribution in [0.4, 0.5) is 0 Å². The molecule has 1 aliphatic rings. The number of benzene rings is 1. The highest BCUT2D eigenvalue weighted by Crippen LogP contribution is 2.53. The number of hydrogen-bond acceptors (Lipinski definition) is 7. The number of hydrogen-bond donors (Lipinski definition) is 0. The molecule has 0 bridgehead atoms. The fraction of sp³-hybridized carbons (Fsp3) is 0.571. The van der Waals surface area contributed by atoms with Crippen molar-refractivity contribution in [2.24, 2.45) is 0 Å². The van der Waals surface area contributed by atoms with Crippen LogP contribution in [0.25, 0.3) is 0 Å². The smallest absolute Gasteiger partial charge is 0.319 e. The summed E-state index contributed by atoms with van der Waals surface area (Å²) >= 11 is 3.45. The van der Waals surface area contributed by atoms with Crippen LogP contribution in [0.2, 0.25) is 0 Å². The Hall–Kier alpha value is -1.50. The van der Waals surface area contributed by atoms with Gasteiger partial charge in [0.05, 0.1) is 12.0 Å². The Balaban J connectivity index is 1.84. The van der Waals surface area contributed by atoms with Crippen LogP contribution in [0, 0.1) is 0 Å². The first-order chi connectivity index (χ1) is 14.0. The first-order valence-electron chi connectivity index (χ1n) is 10.0. The zero-order chi connectivity index (χ0) is 22.2. The van der Waals surface area contributed by atoms with Gasteiger partial charge in [0.1, 0.15) is 11.3 Å². The van der Waals surface area contributed by atoms with Crippen molar-refractivity contribution in [3.63, 3.8) is 0 Å². The fourth-order valence-electron chi connectivity index (χ4n) is 3.39. The van der Waals surface area contributed by atoms with Crippen molar-refractivity contribution in [1.82, 2.24) is 10.1 Å². The number of rotatable bonds is 8. The second-order valence-electron chi connectivity index (χ2n) is 8.68. The van der Waals surface area contributed by atoms with Crippen LogP contribution in [0.1, 0.15) is 57.8 Å². The molecule has 0 amide bonds. The van der Waals surface area contributed by atoms with Gasteiger partial charge in [-0.2, -0.15) is 4.98 Å². The molecule has 30 heavy (non-hydrogen) atoms. The van der Waals surface area contributed by atoms with Gasteiger partial charge in [0.2, 0.25) is 13.3 Å². The molecule has 1 aromatic heterocycles. The zero-order valence-electron chi connectivity index (χ0n) is 18.0. The molecule has 1 heterocycles. The quantitative estimate of drug-likeness (QED) is 0.368. The van der Waals surface area contributed by atoms with Crippen LogP contribution in [0.3, 0.4) is 0 Å². The average molecular weight is 499 g/mol. The van der Waals surface area contributed by atoms with E-state index >= 15 is 0 Å². The van der Waals surface area contributed by atoms with E-state index in [4.69, 9.17) is 13.8 Å². The number of carbonyl (C=O) groups excluding carboxylic acids is 1. The number of halogens is 1. The van der Waals surface area contributed by atoms with E-state index in [2.05, 4.69) is 26.1 Å². The lowest BCUT2D eigenvalue weighted by Gasteiger charge is -2.26. The second-order valence-corrected chi connectivity index (χ2v) is 12.3. The molecule has 1 aliphatic carbocycles. The number of nitrogens with zero attached hydrogens (tertiary/aromatic N) is 2. The molecule has 0 N–H and O–H groups in total.